The smallest absolute Gasteiger partial charge is 0.265 e. The third-order valence-corrected chi connectivity index (χ3v) is 8.62. The maximum atomic E-state index is 14.2. The summed E-state index contributed by atoms with van der Waals surface area (Å²) < 4.78 is 42.6. The molecule has 1 fully saturated rings. The second kappa shape index (κ2) is 9.00. The van der Waals surface area contributed by atoms with Crippen LogP contribution in [0.15, 0.2) is 71.6 Å². The fourth-order valence-corrected chi connectivity index (χ4v) is 6.45. The molecule has 0 unspecified atom stereocenters. The second-order valence-corrected chi connectivity index (χ2v) is 11.1. The Morgan fingerprint density at radius 3 is 2.29 bits per heavy atom. The van der Waals surface area contributed by atoms with Gasteiger partial charge in [0.25, 0.3) is 10.0 Å². The minimum atomic E-state index is -3.90. The van der Waals surface area contributed by atoms with Crippen LogP contribution in [0.2, 0.25) is 0 Å². The number of sulfonamides is 1. The number of anilines is 2. The van der Waals surface area contributed by atoms with E-state index < -0.39 is 10.0 Å². The van der Waals surface area contributed by atoms with Gasteiger partial charge in [-0.1, -0.05) is 50.2 Å². The molecule has 2 heterocycles. The molecule has 3 aromatic carbocycles. The van der Waals surface area contributed by atoms with E-state index in [0.29, 0.717) is 43.1 Å². The highest BCUT2D eigenvalue weighted by Gasteiger charge is 2.37. The van der Waals surface area contributed by atoms with Crippen molar-refractivity contribution in [3.63, 3.8) is 0 Å². The van der Waals surface area contributed by atoms with Crippen molar-refractivity contribution >= 4 is 27.3 Å². The number of para-hydroxylation sites is 1. The standard InChI is InChI=1S/C27H28FN3O3S/c1-19(2)20-11-12-24-22(17-20)21-7-3-6-10-26(21)35(33,34)31(24)18-27(32)30-15-13-29(14-16-30)25-9-5-4-8-23(25)28/h3-12,17,19H,13-16,18H2,1-2H3. The fraction of sp³-hybridized carbons (Fsp3) is 0.296. The monoisotopic (exact) mass is 493 g/mol. The van der Waals surface area contributed by atoms with Crippen molar-refractivity contribution in [3.8, 4) is 11.1 Å². The summed E-state index contributed by atoms with van der Waals surface area (Å²) in [5, 5.41) is 0. The summed E-state index contributed by atoms with van der Waals surface area (Å²) in [5.41, 5.74) is 3.62. The Labute approximate surface area is 205 Å². The van der Waals surface area contributed by atoms with Gasteiger partial charge < -0.3 is 9.80 Å². The molecule has 1 saturated heterocycles. The molecule has 2 aliphatic heterocycles. The molecule has 6 nitrogen and oxygen atoms in total. The van der Waals surface area contributed by atoms with E-state index in [1.165, 1.54) is 10.4 Å². The molecule has 0 N–H and O–H groups in total. The third kappa shape index (κ3) is 4.16. The van der Waals surface area contributed by atoms with Crippen LogP contribution < -0.4 is 9.21 Å². The molecule has 5 rings (SSSR count). The Bertz CT molecular complexity index is 1380. The van der Waals surface area contributed by atoms with Crippen LogP contribution in [0.5, 0.6) is 0 Å². The quantitative estimate of drug-likeness (QED) is 0.538. The molecule has 0 radical (unpaired) electrons. The average molecular weight is 494 g/mol. The Morgan fingerprint density at radius 1 is 0.886 bits per heavy atom. The number of carbonyl (C=O) groups excluding carboxylic acids is 1. The van der Waals surface area contributed by atoms with Crippen LogP contribution in [0, 0.1) is 5.82 Å². The van der Waals surface area contributed by atoms with Crippen molar-refractivity contribution < 1.29 is 17.6 Å². The van der Waals surface area contributed by atoms with E-state index in [0.717, 1.165) is 11.1 Å². The van der Waals surface area contributed by atoms with Gasteiger partial charge in [-0.2, -0.15) is 0 Å². The molecule has 0 aromatic heterocycles. The number of halogens is 1. The van der Waals surface area contributed by atoms with E-state index in [9.17, 15) is 17.6 Å². The lowest BCUT2D eigenvalue weighted by Gasteiger charge is -2.38. The summed E-state index contributed by atoms with van der Waals surface area (Å²) in [6.07, 6.45) is 0. The first kappa shape index (κ1) is 23.4. The molecule has 8 heteroatoms. The topological polar surface area (TPSA) is 60.9 Å². The first-order valence-electron chi connectivity index (χ1n) is 11.8. The predicted molar refractivity (Wildman–Crippen MR) is 136 cm³/mol. The number of benzene rings is 3. The van der Waals surface area contributed by atoms with Crippen molar-refractivity contribution in [2.75, 3.05) is 41.9 Å². The van der Waals surface area contributed by atoms with Crippen molar-refractivity contribution in [2.24, 2.45) is 0 Å². The van der Waals surface area contributed by atoms with Gasteiger partial charge >= 0.3 is 0 Å². The van der Waals surface area contributed by atoms with Crippen LogP contribution in [0.4, 0.5) is 15.8 Å². The van der Waals surface area contributed by atoms with Gasteiger partial charge in [0, 0.05) is 37.3 Å². The SMILES string of the molecule is CC(C)c1ccc2c(c1)-c1ccccc1S(=O)(=O)N2CC(=O)N1CCN(c2ccccc2F)CC1. The number of piperazine rings is 1. The van der Waals surface area contributed by atoms with Crippen molar-refractivity contribution in [1.82, 2.24) is 4.90 Å². The molecule has 35 heavy (non-hydrogen) atoms. The van der Waals surface area contributed by atoms with Gasteiger partial charge in [0.1, 0.15) is 12.4 Å². The number of rotatable bonds is 4. The lowest BCUT2D eigenvalue weighted by atomic mass is 9.95. The van der Waals surface area contributed by atoms with Crippen LogP contribution in [-0.4, -0.2) is 51.9 Å². The molecule has 0 saturated carbocycles. The maximum absolute atomic E-state index is 14.2. The molecule has 2 aliphatic rings. The van der Waals surface area contributed by atoms with Gasteiger partial charge in [-0.25, -0.2) is 12.8 Å². The highest BCUT2D eigenvalue weighted by molar-refractivity contribution is 7.93. The van der Waals surface area contributed by atoms with Crippen molar-refractivity contribution in [1.29, 1.82) is 0 Å². The number of nitrogens with zero attached hydrogens (tertiary/aromatic N) is 3. The first-order chi connectivity index (χ1) is 16.8. The predicted octanol–water partition coefficient (Wildman–Crippen LogP) is 4.47. The lowest BCUT2D eigenvalue weighted by molar-refractivity contribution is -0.129. The van der Waals surface area contributed by atoms with E-state index in [2.05, 4.69) is 13.8 Å². The zero-order chi connectivity index (χ0) is 24.7. The first-order valence-corrected chi connectivity index (χ1v) is 13.2. The Morgan fingerprint density at radius 2 is 1.57 bits per heavy atom. The van der Waals surface area contributed by atoms with E-state index in [-0.39, 0.29) is 29.1 Å². The number of hydrogen-bond donors (Lipinski definition) is 0. The van der Waals surface area contributed by atoms with Gasteiger partial charge in [-0.3, -0.25) is 9.10 Å². The zero-order valence-corrected chi connectivity index (χ0v) is 20.6. The molecule has 0 spiro atoms. The van der Waals surface area contributed by atoms with Gasteiger partial charge in [0.15, 0.2) is 0 Å². The number of carbonyl (C=O) groups is 1. The van der Waals surface area contributed by atoms with E-state index in [4.69, 9.17) is 0 Å². The van der Waals surface area contributed by atoms with Crippen LogP contribution in [0.1, 0.15) is 25.3 Å². The summed E-state index contributed by atoms with van der Waals surface area (Å²) in [4.78, 5) is 17.1. The summed E-state index contributed by atoms with van der Waals surface area (Å²) in [5.74, 6) is -0.269. The molecule has 0 aliphatic carbocycles. The summed E-state index contributed by atoms with van der Waals surface area (Å²) in [7, 11) is -3.90. The minimum Gasteiger partial charge on any atom is -0.366 e. The van der Waals surface area contributed by atoms with Gasteiger partial charge in [-0.05, 0) is 41.8 Å². The minimum absolute atomic E-state index is 0.213. The maximum Gasteiger partial charge on any atom is 0.265 e. The number of fused-ring (bicyclic) bond motifs is 3. The molecule has 3 aromatic rings. The van der Waals surface area contributed by atoms with Crippen LogP contribution >= 0.6 is 0 Å². The van der Waals surface area contributed by atoms with E-state index >= 15 is 0 Å². The largest absolute Gasteiger partial charge is 0.366 e. The fourth-order valence-electron chi connectivity index (χ4n) is 4.81. The zero-order valence-electron chi connectivity index (χ0n) is 19.8. The number of hydrogen-bond acceptors (Lipinski definition) is 4. The summed E-state index contributed by atoms with van der Waals surface area (Å²) in [6.45, 7) is 5.68. The van der Waals surface area contributed by atoms with Gasteiger partial charge in [-0.15, -0.1) is 0 Å². The lowest BCUT2D eigenvalue weighted by Crippen LogP contribution is -2.52. The summed E-state index contributed by atoms with van der Waals surface area (Å²) >= 11 is 0. The van der Waals surface area contributed by atoms with Crippen molar-refractivity contribution in [2.45, 2.75) is 24.7 Å². The third-order valence-electron chi connectivity index (χ3n) is 6.81. The Balaban J connectivity index is 1.40. The number of amides is 1. The Hall–Kier alpha value is -3.39. The Kier molecular flexibility index (Phi) is 6.01. The average Bonchev–Trinajstić information content (AvgIpc) is 2.86. The summed E-state index contributed by atoms with van der Waals surface area (Å²) in [6, 6.07) is 19.3. The van der Waals surface area contributed by atoms with E-state index in [1.54, 1.807) is 35.2 Å². The normalized spacial score (nSPS) is 16.7. The molecule has 0 atom stereocenters. The van der Waals surface area contributed by atoms with Gasteiger partial charge in [0.2, 0.25) is 5.91 Å². The molecule has 182 valence electrons. The van der Waals surface area contributed by atoms with Gasteiger partial charge in [0.05, 0.1) is 16.3 Å². The van der Waals surface area contributed by atoms with Crippen LogP contribution in [-0.2, 0) is 14.8 Å². The van der Waals surface area contributed by atoms with Crippen LogP contribution in [0.25, 0.3) is 11.1 Å². The molecular formula is C27H28FN3O3S. The van der Waals surface area contributed by atoms with E-state index in [1.807, 2.05) is 35.2 Å². The highest BCUT2D eigenvalue weighted by Crippen LogP contribution is 2.44. The molecule has 1 amide bonds. The van der Waals surface area contributed by atoms with Crippen LogP contribution in [0.3, 0.4) is 0 Å². The molecular weight excluding hydrogens is 465 g/mol. The second-order valence-electron chi connectivity index (χ2n) is 9.26. The van der Waals surface area contributed by atoms with Crippen molar-refractivity contribution in [3.05, 3.63) is 78.1 Å². The highest BCUT2D eigenvalue weighted by atomic mass is 32.2. The molecule has 0 bridgehead atoms.